The molecule has 0 atom stereocenters. The van der Waals surface area contributed by atoms with Crippen LogP contribution in [0.1, 0.15) is 18.7 Å². The van der Waals surface area contributed by atoms with Gasteiger partial charge in [-0.25, -0.2) is 9.78 Å². The zero-order valence-electron chi connectivity index (χ0n) is 18.9. The van der Waals surface area contributed by atoms with E-state index < -0.39 is 0 Å². The summed E-state index contributed by atoms with van der Waals surface area (Å²) in [4.78, 5) is 19.4. The number of piperidine rings is 1. The fourth-order valence-corrected chi connectivity index (χ4v) is 4.62. The molecule has 0 spiro atoms. The Morgan fingerprint density at radius 3 is 2.47 bits per heavy atom. The summed E-state index contributed by atoms with van der Waals surface area (Å²) in [5, 5.41) is 3.47. The normalized spacial score (nSPS) is 14.3. The molecule has 0 saturated carbocycles. The summed E-state index contributed by atoms with van der Waals surface area (Å²) in [6, 6.07) is 25.2. The highest BCUT2D eigenvalue weighted by atomic mass is 35.5. The molecule has 2 amide bonds. The largest absolute Gasteiger partial charge is 0.486 e. The fourth-order valence-electron chi connectivity index (χ4n) is 4.44. The van der Waals surface area contributed by atoms with Crippen molar-refractivity contribution < 1.29 is 9.53 Å². The number of urea groups is 1. The Bertz CT molecular complexity index is 1270. The molecule has 4 aromatic rings. The number of hydrogen-bond donors (Lipinski definition) is 1. The molecule has 6 nitrogen and oxygen atoms in total. The van der Waals surface area contributed by atoms with Crippen molar-refractivity contribution in [2.24, 2.45) is 5.92 Å². The quantitative estimate of drug-likeness (QED) is 0.361. The van der Waals surface area contributed by atoms with Crippen LogP contribution < -0.4 is 10.1 Å². The molecule has 0 bridgehead atoms. The first kappa shape index (κ1) is 22.3. The lowest BCUT2D eigenvalue weighted by atomic mass is 9.96. The van der Waals surface area contributed by atoms with Crippen molar-refractivity contribution in [2.75, 3.05) is 18.4 Å². The maximum absolute atomic E-state index is 12.7. The highest BCUT2D eigenvalue weighted by Gasteiger charge is 2.25. The highest BCUT2D eigenvalue weighted by Crippen LogP contribution is 2.26. The standard InChI is InChI=1S/C27H27ClN4O2/c28-22-10-4-5-11-23(22)30-27(33)31-16-14-20(15-17-31)18-32-25-13-7-6-12-24(25)29-26(32)19-34-21-8-2-1-3-9-21/h1-13,20H,14-19H2,(H,30,33). The van der Waals surface area contributed by atoms with Gasteiger partial charge in [0.25, 0.3) is 0 Å². The Labute approximate surface area is 204 Å². The molecular weight excluding hydrogens is 448 g/mol. The number of nitrogens with one attached hydrogen (secondary N) is 1. The molecule has 0 unspecified atom stereocenters. The third-order valence-corrected chi connectivity index (χ3v) is 6.63. The number of fused-ring (bicyclic) bond motifs is 1. The molecule has 174 valence electrons. The number of imidazole rings is 1. The Hall–Kier alpha value is -3.51. The Morgan fingerprint density at radius 2 is 1.68 bits per heavy atom. The van der Waals surface area contributed by atoms with Crippen molar-refractivity contribution in [3.63, 3.8) is 0 Å². The van der Waals surface area contributed by atoms with E-state index >= 15 is 0 Å². The molecule has 1 aliphatic rings. The van der Waals surface area contributed by atoms with Gasteiger partial charge in [-0.1, -0.05) is 54.1 Å². The summed E-state index contributed by atoms with van der Waals surface area (Å²) in [6.07, 6.45) is 1.86. The molecule has 1 aromatic heterocycles. The minimum atomic E-state index is -0.100. The minimum Gasteiger partial charge on any atom is -0.486 e. The first-order valence-electron chi connectivity index (χ1n) is 11.6. The van der Waals surface area contributed by atoms with Crippen LogP contribution in [0.25, 0.3) is 11.0 Å². The number of anilines is 1. The van der Waals surface area contributed by atoms with Gasteiger partial charge in [-0.05, 0) is 55.2 Å². The van der Waals surface area contributed by atoms with Gasteiger partial charge in [0.05, 0.1) is 21.7 Å². The zero-order valence-corrected chi connectivity index (χ0v) is 19.6. The maximum atomic E-state index is 12.7. The molecule has 2 heterocycles. The average Bonchev–Trinajstić information content (AvgIpc) is 3.22. The SMILES string of the molecule is O=C(Nc1ccccc1Cl)N1CCC(Cn2c(COc3ccccc3)nc3ccccc32)CC1. The van der Waals surface area contributed by atoms with Gasteiger partial charge in [0.1, 0.15) is 18.2 Å². The summed E-state index contributed by atoms with van der Waals surface area (Å²) >= 11 is 6.19. The van der Waals surface area contributed by atoms with E-state index in [1.54, 1.807) is 6.07 Å². The minimum absolute atomic E-state index is 0.100. The van der Waals surface area contributed by atoms with Crippen LogP contribution >= 0.6 is 11.6 Å². The predicted octanol–water partition coefficient (Wildman–Crippen LogP) is 6.21. The topological polar surface area (TPSA) is 59.4 Å². The highest BCUT2D eigenvalue weighted by molar-refractivity contribution is 6.33. The van der Waals surface area contributed by atoms with Crippen molar-refractivity contribution in [2.45, 2.75) is 26.0 Å². The number of nitrogens with zero attached hydrogens (tertiary/aromatic N) is 3. The zero-order chi connectivity index (χ0) is 23.3. The number of rotatable bonds is 6. The van der Waals surface area contributed by atoms with Crippen LogP contribution in [0.2, 0.25) is 5.02 Å². The molecule has 0 radical (unpaired) electrons. The van der Waals surface area contributed by atoms with Crippen LogP contribution in [0.5, 0.6) is 5.75 Å². The van der Waals surface area contributed by atoms with Crippen molar-refractivity contribution in [3.8, 4) is 5.75 Å². The first-order chi connectivity index (χ1) is 16.7. The van der Waals surface area contributed by atoms with E-state index in [0.717, 1.165) is 42.0 Å². The van der Waals surface area contributed by atoms with Gasteiger partial charge in [-0.3, -0.25) is 0 Å². The van der Waals surface area contributed by atoms with E-state index in [1.807, 2.05) is 71.6 Å². The number of ether oxygens (including phenoxy) is 1. The number of para-hydroxylation sites is 4. The molecule has 1 fully saturated rings. The fraction of sp³-hybridized carbons (Fsp3) is 0.259. The smallest absolute Gasteiger partial charge is 0.321 e. The van der Waals surface area contributed by atoms with Gasteiger partial charge in [0.15, 0.2) is 0 Å². The average molecular weight is 475 g/mol. The second-order valence-electron chi connectivity index (χ2n) is 8.57. The van der Waals surface area contributed by atoms with Crippen LogP contribution in [0.3, 0.4) is 0 Å². The number of amides is 2. The van der Waals surface area contributed by atoms with E-state index in [9.17, 15) is 4.79 Å². The molecule has 1 saturated heterocycles. The molecule has 0 aliphatic carbocycles. The Balaban J connectivity index is 1.24. The van der Waals surface area contributed by atoms with Gasteiger partial charge in [0, 0.05) is 19.6 Å². The lowest BCUT2D eigenvalue weighted by molar-refractivity contribution is 0.176. The number of hydrogen-bond acceptors (Lipinski definition) is 3. The van der Waals surface area contributed by atoms with Crippen molar-refractivity contribution >= 4 is 34.4 Å². The monoisotopic (exact) mass is 474 g/mol. The third kappa shape index (κ3) is 5.02. The van der Waals surface area contributed by atoms with E-state index in [-0.39, 0.29) is 6.03 Å². The predicted molar refractivity (Wildman–Crippen MR) is 135 cm³/mol. The number of benzene rings is 3. The Morgan fingerprint density at radius 1 is 0.971 bits per heavy atom. The summed E-state index contributed by atoms with van der Waals surface area (Å²) in [5.74, 6) is 2.21. The van der Waals surface area contributed by atoms with Crippen molar-refractivity contribution in [1.29, 1.82) is 0 Å². The molecular formula is C27H27ClN4O2. The summed E-state index contributed by atoms with van der Waals surface area (Å²) in [5.41, 5.74) is 2.74. The molecule has 7 heteroatoms. The van der Waals surface area contributed by atoms with Crippen LogP contribution in [-0.4, -0.2) is 33.6 Å². The van der Waals surface area contributed by atoms with Crippen molar-refractivity contribution in [3.05, 3.63) is 89.7 Å². The second kappa shape index (κ2) is 10.2. The van der Waals surface area contributed by atoms with Gasteiger partial charge in [-0.15, -0.1) is 0 Å². The van der Waals surface area contributed by atoms with Gasteiger partial charge in [0.2, 0.25) is 0 Å². The van der Waals surface area contributed by atoms with Gasteiger partial charge < -0.3 is 19.5 Å². The van der Waals surface area contributed by atoms with E-state index in [4.69, 9.17) is 21.3 Å². The van der Waals surface area contributed by atoms with Crippen molar-refractivity contribution in [1.82, 2.24) is 14.5 Å². The van der Waals surface area contributed by atoms with Gasteiger partial charge in [-0.2, -0.15) is 0 Å². The number of carbonyl (C=O) groups is 1. The number of carbonyl (C=O) groups excluding carboxylic acids is 1. The molecule has 3 aromatic carbocycles. The van der Waals surface area contributed by atoms with E-state index in [0.29, 0.717) is 36.3 Å². The molecule has 1 N–H and O–H groups in total. The summed E-state index contributed by atoms with van der Waals surface area (Å²) in [7, 11) is 0. The lowest BCUT2D eigenvalue weighted by Crippen LogP contribution is -2.41. The third-order valence-electron chi connectivity index (χ3n) is 6.30. The van der Waals surface area contributed by atoms with Crippen LogP contribution in [0, 0.1) is 5.92 Å². The maximum Gasteiger partial charge on any atom is 0.321 e. The van der Waals surface area contributed by atoms with Crippen LogP contribution in [0.4, 0.5) is 10.5 Å². The number of likely N-dealkylation sites (tertiary alicyclic amines) is 1. The number of aromatic nitrogens is 2. The molecule has 34 heavy (non-hydrogen) atoms. The first-order valence-corrected chi connectivity index (χ1v) is 12.0. The summed E-state index contributed by atoms with van der Waals surface area (Å²) in [6.45, 7) is 2.69. The summed E-state index contributed by atoms with van der Waals surface area (Å²) < 4.78 is 8.29. The van der Waals surface area contributed by atoms with E-state index in [2.05, 4.69) is 16.0 Å². The lowest BCUT2D eigenvalue weighted by Gasteiger charge is -2.32. The van der Waals surface area contributed by atoms with E-state index in [1.165, 1.54) is 0 Å². The molecule has 1 aliphatic heterocycles. The second-order valence-corrected chi connectivity index (χ2v) is 8.98. The molecule has 5 rings (SSSR count). The Kier molecular flexibility index (Phi) is 6.67. The van der Waals surface area contributed by atoms with Crippen LogP contribution in [-0.2, 0) is 13.2 Å². The number of halogens is 1. The van der Waals surface area contributed by atoms with Crippen LogP contribution in [0.15, 0.2) is 78.9 Å². The van der Waals surface area contributed by atoms with Gasteiger partial charge >= 0.3 is 6.03 Å².